The molecule has 0 aliphatic rings. The Morgan fingerprint density at radius 3 is 2.74 bits per heavy atom. The van der Waals surface area contributed by atoms with Gasteiger partial charge in [-0.15, -0.1) is 0 Å². The predicted octanol–water partition coefficient (Wildman–Crippen LogP) is 2.94. The fourth-order valence-corrected chi connectivity index (χ4v) is 2.06. The number of nitrogens with zero attached hydrogens (tertiary/aromatic N) is 3. The van der Waals surface area contributed by atoms with Crippen molar-refractivity contribution in [3.63, 3.8) is 0 Å². The van der Waals surface area contributed by atoms with Crippen LogP contribution in [0.4, 0.5) is 23.1 Å². The van der Waals surface area contributed by atoms with Gasteiger partial charge in [0.15, 0.2) is 0 Å². The molecule has 2 rings (SSSR count). The van der Waals surface area contributed by atoms with Crippen molar-refractivity contribution < 1.29 is 0 Å². The van der Waals surface area contributed by atoms with E-state index in [0.29, 0.717) is 5.82 Å². The number of aromatic nitrogens is 2. The van der Waals surface area contributed by atoms with Crippen molar-refractivity contribution in [2.75, 3.05) is 30.0 Å². The summed E-state index contributed by atoms with van der Waals surface area (Å²) < 4.78 is 0.772. The molecule has 2 aromatic rings. The zero-order valence-corrected chi connectivity index (χ0v) is 12.7. The average Bonchev–Trinajstić information content (AvgIpc) is 2.36. The maximum Gasteiger partial charge on any atom is 0.222 e. The highest BCUT2D eigenvalue weighted by atomic mass is 79.9. The first kappa shape index (κ1) is 13.6. The third kappa shape index (κ3) is 3.14. The number of benzene rings is 1. The van der Waals surface area contributed by atoms with Gasteiger partial charge in [-0.2, -0.15) is 4.98 Å². The zero-order valence-electron chi connectivity index (χ0n) is 11.1. The molecule has 0 atom stereocenters. The van der Waals surface area contributed by atoms with E-state index in [1.54, 1.807) is 6.20 Å². The van der Waals surface area contributed by atoms with E-state index < -0.39 is 0 Å². The van der Waals surface area contributed by atoms with Crippen LogP contribution in [0.3, 0.4) is 0 Å². The highest BCUT2D eigenvalue weighted by Gasteiger charge is 2.06. The fourth-order valence-electron chi connectivity index (χ4n) is 1.77. The topological polar surface area (TPSA) is 67.1 Å². The van der Waals surface area contributed by atoms with Gasteiger partial charge in [0.2, 0.25) is 5.95 Å². The maximum absolute atomic E-state index is 5.59. The van der Waals surface area contributed by atoms with Crippen LogP contribution in [0.15, 0.2) is 28.9 Å². The maximum atomic E-state index is 5.59. The van der Waals surface area contributed by atoms with Crippen LogP contribution < -0.4 is 16.0 Å². The van der Waals surface area contributed by atoms with Crippen molar-refractivity contribution >= 4 is 39.1 Å². The van der Waals surface area contributed by atoms with Crippen LogP contribution in [0.5, 0.6) is 0 Å². The molecule has 0 amide bonds. The van der Waals surface area contributed by atoms with Crippen molar-refractivity contribution in [2.24, 2.45) is 0 Å². The molecule has 0 saturated carbocycles. The molecule has 0 aliphatic carbocycles. The van der Waals surface area contributed by atoms with E-state index >= 15 is 0 Å². The largest absolute Gasteiger partial charge is 0.377 e. The van der Waals surface area contributed by atoms with Crippen molar-refractivity contribution in [3.8, 4) is 0 Å². The van der Waals surface area contributed by atoms with E-state index in [1.807, 2.05) is 20.2 Å². The van der Waals surface area contributed by atoms with Crippen LogP contribution in [0.2, 0.25) is 0 Å². The Bertz CT molecular complexity index is 598. The van der Waals surface area contributed by atoms with Crippen LogP contribution in [0.25, 0.3) is 0 Å². The van der Waals surface area contributed by atoms with Gasteiger partial charge in [0.25, 0.3) is 0 Å². The van der Waals surface area contributed by atoms with Gasteiger partial charge in [0.1, 0.15) is 5.82 Å². The molecule has 0 saturated heterocycles. The lowest BCUT2D eigenvalue weighted by Crippen LogP contribution is -2.10. The normalized spacial score (nSPS) is 10.3. The van der Waals surface area contributed by atoms with Gasteiger partial charge < -0.3 is 16.0 Å². The van der Waals surface area contributed by atoms with Crippen LogP contribution in [-0.4, -0.2) is 24.1 Å². The monoisotopic (exact) mass is 321 g/mol. The molecule has 0 spiro atoms. The van der Waals surface area contributed by atoms with Gasteiger partial charge in [-0.05, 0) is 40.5 Å². The Morgan fingerprint density at radius 2 is 2.05 bits per heavy atom. The molecule has 100 valence electrons. The molecular weight excluding hydrogens is 306 g/mol. The molecule has 0 unspecified atom stereocenters. The lowest BCUT2D eigenvalue weighted by Gasteiger charge is -2.17. The third-order valence-corrected chi connectivity index (χ3v) is 3.30. The summed E-state index contributed by atoms with van der Waals surface area (Å²) in [5.74, 6) is 0.895. The van der Waals surface area contributed by atoms with Gasteiger partial charge in [0, 0.05) is 31.7 Å². The second-order valence-corrected chi connectivity index (χ2v) is 5.30. The van der Waals surface area contributed by atoms with Gasteiger partial charge in [-0.1, -0.05) is 6.07 Å². The fraction of sp³-hybridized carbons (Fsp3) is 0.231. The molecule has 0 bridgehead atoms. The van der Waals surface area contributed by atoms with Crippen molar-refractivity contribution in [2.45, 2.75) is 6.92 Å². The summed E-state index contributed by atoms with van der Waals surface area (Å²) in [6.07, 6.45) is 1.63. The Morgan fingerprint density at radius 1 is 1.32 bits per heavy atom. The highest BCUT2D eigenvalue weighted by Crippen LogP contribution is 2.27. The van der Waals surface area contributed by atoms with Crippen molar-refractivity contribution in [1.82, 2.24) is 9.97 Å². The molecule has 19 heavy (non-hydrogen) atoms. The summed E-state index contributed by atoms with van der Waals surface area (Å²) in [6, 6.07) is 6.14. The van der Waals surface area contributed by atoms with Crippen LogP contribution in [-0.2, 0) is 0 Å². The van der Waals surface area contributed by atoms with Crippen LogP contribution in [0.1, 0.15) is 5.56 Å². The summed E-state index contributed by atoms with van der Waals surface area (Å²) in [5.41, 5.74) is 8.92. The van der Waals surface area contributed by atoms with Crippen molar-refractivity contribution in [1.29, 1.82) is 0 Å². The third-order valence-electron chi connectivity index (χ3n) is 2.72. The molecule has 1 aromatic heterocycles. The number of anilines is 4. The second kappa shape index (κ2) is 5.44. The molecule has 6 heteroatoms. The van der Waals surface area contributed by atoms with E-state index in [1.165, 1.54) is 5.56 Å². The van der Waals surface area contributed by atoms with Gasteiger partial charge in [0.05, 0.1) is 4.47 Å². The number of aryl methyl sites for hydroxylation is 1. The van der Waals surface area contributed by atoms with E-state index in [2.05, 4.69) is 55.2 Å². The first-order valence-electron chi connectivity index (χ1n) is 5.80. The number of hydrogen-bond acceptors (Lipinski definition) is 5. The minimum atomic E-state index is 0.241. The molecule has 0 radical (unpaired) electrons. The van der Waals surface area contributed by atoms with Crippen LogP contribution >= 0.6 is 15.9 Å². The van der Waals surface area contributed by atoms with Gasteiger partial charge in [-0.3, -0.25) is 0 Å². The number of nitrogens with one attached hydrogen (secondary N) is 1. The Balaban J connectivity index is 2.33. The number of nitrogens with two attached hydrogens (primary N) is 1. The molecule has 1 heterocycles. The predicted molar refractivity (Wildman–Crippen MR) is 82.9 cm³/mol. The summed E-state index contributed by atoms with van der Waals surface area (Å²) in [7, 11) is 4.04. The molecule has 3 N–H and O–H groups in total. The van der Waals surface area contributed by atoms with Crippen molar-refractivity contribution in [3.05, 3.63) is 34.4 Å². The minimum absolute atomic E-state index is 0.241. The number of hydrogen-bond donors (Lipinski definition) is 2. The molecule has 5 nitrogen and oxygen atoms in total. The zero-order chi connectivity index (χ0) is 14.0. The van der Waals surface area contributed by atoms with Gasteiger partial charge >= 0.3 is 0 Å². The highest BCUT2D eigenvalue weighted by molar-refractivity contribution is 9.10. The summed E-state index contributed by atoms with van der Waals surface area (Å²) in [4.78, 5) is 10.1. The van der Waals surface area contributed by atoms with Gasteiger partial charge in [-0.25, -0.2) is 4.98 Å². The SMILES string of the molecule is Cc1ccc(Nc2nc(N)ncc2Br)cc1N(C)C. The van der Waals surface area contributed by atoms with E-state index in [9.17, 15) is 0 Å². The van der Waals surface area contributed by atoms with E-state index in [-0.39, 0.29) is 5.95 Å². The lowest BCUT2D eigenvalue weighted by molar-refractivity contribution is 1.11. The Labute approximate surface area is 121 Å². The quantitative estimate of drug-likeness (QED) is 0.909. The molecule has 0 aliphatic heterocycles. The first-order chi connectivity index (χ1) is 8.97. The smallest absolute Gasteiger partial charge is 0.222 e. The molecule has 0 fully saturated rings. The summed E-state index contributed by atoms with van der Waals surface area (Å²) in [6.45, 7) is 2.08. The Kier molecular flexibility index (Phi) is 3.90. The average molecular weight is 322 g/mol. The second-order valence-electron chi connectivity index (χ2n) is 4.45. The lowest BCUT2D eigenvalue weighted by atomic mass is 10.1. The van der Waals surface area contributed by atoms with E-state index in [0.717, 1.165) is 15.8 Å². The summed E-state index contributed by atoms with van der Waals surface area (Å²) in [5, 5.41) is 3.23. The standard InChI is InChI=1S/C13H16BrN5/c1-8-4-5-9(6-11(8)19(2)3)17-12-10(14)7-16-13(15)18-12/h4-7H,1-3H3,(H3,15,16,17,18). The van der Waals surface area contributed by atoms with E-state index in [4.69, 9.17) is 5.73 Å². The Hall–Kier alpha value is -1.82. The van der Waals surface area contributed by atoms with Crippen LogP contribution in [0, 0.1) is 6.92 Å². The minimum Gasteiger partial charge on any atom is -0.377 e. The molecule has 1 aromatic carbocycles. The number of halogens is 1. The number of nitrogen functional groups attached to an aromatic ring is 1. The summed E-state index contributed by atoms with van der Waals surface area (Å²) >= 11 is 3.40. The first-order valence-corrected chi connectivity index (χ1v) is 6.59. The number of rotatable bonds is 3. The molecular formula is C13H16BrN5.